The Balaban J connectivity index is 3.24. The molecule has 1 rings (SSSR count). The Morgan fingerprint density at radius 3 is 1.91 bits per heavy atom. The molecule has 0 saturated heterocycles. The van der Waals surface area contributed by atoms with Crippen LogP contribution in [-0.4, -0.2) is 22.2 Å². The minimum atomic E-state index is -0.266. The molecule has 1 aliphatic rings. The molecule has 0 bridgehead atoms. The molecule has 0 aromatic rings. The van der Waals surface area contributed by atoms with Crippen molar-refractivity contribution in [3.8, 4) is 12.1 Å². The smallest absolute Gasteiger partial charge is 0.508 e. The van der Waals surface area contributed by atoms with E-state index >= 15 is 0 Å². The summed E-state index contributed by atoms with van der Waals surface area (Å²) in [5.74, 6) is -0.266. The highest BCUT2D eigenvalue weighted by atomic mass is 15.1. The highest BCUT2D eigenvalue weighted by molar-refractivity contribution is 6.57. The van der Waals surface area contributed by atoms with Crippen LogP contribution in [0.3, 0.4) is 0 Å². The second-order valence-electron chi connectivity index (χ2n) is 1.54. The van der Waals surface area contributed by atoms with Crippen LogP contribution in [0.15, 0.2) is 9.98 Å². The fourth-order valence-electron chi connectivity index (χ4n) is 0.532. The third kappa shape index (κ3) is 1.01. The summed E-state index contributed by atoms with van der Waals surface area (Å²) in [7, 11) is 0. The predicted molar refractivity (Wildman–Crippen MR) is 34.7 cm³/mol. The molecule has 0 radical (unpaired) electrons. The zero-order valence-corrected chi connectivity index (χ0v) is 5.18. The monoisotopic (exact) mass is 144 g/mol. The molecule has 1 heterocycles. The van der Waals surface area contributed by atoms with Crippen molar-refractivity contribution in [1.82, 2.24) is 0 Å². The van der Waals surface area contributed by atoms with E-state index < -0.39 is 0 Å². The van der Waals surface area contributed by atoms with Gasteiger partial charge in [-0.3, -0.25) is 0 Å². The standard InChI is InChI=1S/C5N6/c6-1-3-4(2-7)10-5(9-3)11-8. The second-order valence-corrected chi connectivity index (χ2v) is 1.54. The molecule has 0 amide bonds. The van der Waals surface area contributed by atoms with E-state index in [1.807, 2.05) is 0 Å². The van der Waals surface area contributed by atoms with Gasteiger partial charge in [0.15, 0.2) is 0 Å². The SMILES string of the molecule is N#CC1=NC(=[N+]=[N-])N=C1C#N. The topological polar surface area (TPSA) is 109 Å². The Morgan fingerprint density at radius 2 is 1.64 bits per heavy atom. The minimum absolute atomic E-state index is 0.125. The van der Waals surface area contributed by atoms with Crippen LogP contribution in [0.2, 0.25) is 0 Å². The lowest BCUT2D eigenvalue weighted by Gasteiger charge is -1.66. The van der Waals surface area contributed by atoms with Crippen molar-refractivity contribution in [3.05, 3.63) is 5.53 Å². The molecule has 50 valence electrons. The van der Waals surface area contributed by atoms with Gasteiger partial charge in [0.1, 0.15) is 12.1 Å². The van der Waals surface area contributed by atoms with Crippen LogP contribution >= 0.6 is 0 Å². The lowest BCUT2D eigenvalue weighted by molar-refractivity contribution is -0.00791. The van der Waals surface area contributed by atoms with Gasteiger partial charge in [0.2, 0.25) is 0 Å². The molecule has 6 nitrogen and oxygen atoms in total. The summed E-state index contributed by atoms with van der Waals surface area (Å²) in [6, 6.07) is 3.27. The number of rotatable bonds is 0. The Hall–Kier alpha value is -2.30. The van der Waals surface area contributed by atoms with Crippen molar-refractivity contribution < 1.29 is 4.79 Å². The van der Waals surface area contributed by atoms with Crippen LogP contribution in [0.25, 0.3) is 5.53 Å². The van der Waals surface area contributed by atoms with Gasteiger partial charge in [0, 0.05) is 0 Å². The molecule has 6 heteroatoms. The summed E-state index contributed by atoms with van der Waals surface area (Å²) in [5.41, 5.74) is 7.90. The van der Waals surface area contributed by atoms with E-state index in [2.05, 4.69) is 14.8 Å². The van der Waals surface area contributed by atoms with Crippen molar-refractivity contribution in [3.63, 3.8) is 0 Å². The van der Waals surface area contributed by atoms with Gasteiger partial charge in [0.05, 0.1) is 0 Å². The predicted octanol–water partition coefficient (Wildman–Crippen LogP) is -0.485. The van der Waals surface area contributed by atoms with Crippen molar-refractivity contribution in [1.29, 1.82) is 10.5 Å². The van der Waals surface area contributed by atoms with E-state index in [4.69, 9.17) is 16.1 Å². The average Bonchev–Trinajstić information content (AvgIpc) is 2.46. The van der Waals surface area contributed by atoms with Crippen LogP contribution in [0.1, 0.15) is 0 Å². The van der Waals surface area contributed by atoms with Gasteiger partial charge in [-0.25, -0.2) is 0 Å². The van der Waals surface area contributed by atoms with Gasteiger partial charge in [-0.2, -0.15) is 10.5 Å². The lowest BCUT2D eigenvalue weighted by Crippen LogP contribution is -2.04. The maximum absolute atomic E-state index is 8.33. The number of hydrogen-bond acceptors (Lipinski definition) is 2. The number of nitrogens with zero attached hydrogens (tertiary/aromatic N) is 6. The van der Waals surface area contributed by atoms with Crippen molar-refractivity contribution in [2.24, 2.45) is 9.98 Å². The number of guanidine groups is 1. The van der Waals surface area contributed by atoms with Crippen LogP contribution in [0, 0.1) is 22.7 Å². The van der Waals surface area contributed by atoms with Gasteiger partial charge < -0.3 is 10.3 Å². The minimum Gasteiger partial charge on any atom is -0.542 e. The van der Waals surface area contributed by atoms with E-state index in [0.29, 0.717) is 0 Å². The van der Waals surface area contributed by atoms with E-state index in [1.54, 1.807) is 12.1 Å². The molecule has 11 heavy (non-hydrogen) atoms. The summed E-state index contributed by atoms with van der Waals surface area (Å²) in [6.45, 7) is 0. The molecule has 0 aromatic heterocycles. The molecule has 0 spiro atoms. The van der Waals surface area contributed by atoms with Crippen molar-refractivity contribution in [2.75, 3.05) is 0 Å². The van der Waals surface area contributed by atoms with Crippen LogP contribution in [0.5, 0.6) is 0 Å². The largest absolute Gasteiger partial charge is 0.542 e. The zero-order chi connectivity index (χ0) is 8.27. The molecule has 0 unspecified atom stereocenters. The normalized spacial score (nSPS) is 14.2. The second kappa shape index (κ2) is 2.53. The number of hydrogen-bond donors (Lipinski definition) is 0. The Kier molecular flexibility index (Phi) is 1.56. The Labute approximate surface area is 61.4 Å². The maximum Gasteiger partial charge on any atom is 0.508 e. The van der Waals surface area contributed by atoms with Crippen LogP contribution in [0.4, 0.5) is 0 Å². The Morgan fingerprint density at radius 1 is 1.18 bits per heavy atom. The first-order valence-corrected chi connectivity index (χ1v) is 2.52. The van der Waals surface area contributed by atoms with Gasteiger partial charge >= 0.3 is 5.96 Å². The fourth-order valence-corrected chi connectivity index (χ4v) is 0.532. The molecule has 0 atom stereocenters. The molecule has 0 aromatic carbocycles. The summed E-state index contributed by atoms with van der Waals surface area (Å²) >= 11 is 0. The van der Waals surface area contributed by atoms with E-state index in [0.717, 1.165) is 0 Å². The third-order valence-electron chi connectivity index (χ3n) is 0.949. The zero-order valence-electron chi connectivity index (χ0n) is 5.18. The maximum atomic E-state index is 8.33. The first-order valence-electron chi connectivity index (χ1n) is 2.52. The first kappa shape index (κ1) is 6.81. The number of aliphatic imine (C=N–C) groups is 2. The van der Waals surface area contributed by atoms with Gasteiger partial charge in [-0.05, 0) is 9.98 Å². The van der Waals surface area contributed by atoms with Crippen molar-refractivity contribution in [2.45, 2.75) is 0 Å². The summed E-state index contributed by atoms with van der Waals surface area (Å²) in [5, 5.41) is 16.7. The quantitative estimate of drug-likeness (QED) is 0.337. The van der Waals surface area contributed by atoms with Gasteiger partial charge in [0.25, 0.3) is 11.4 Å². The van der Waals surface area contributed by atoms with E-state index in [-0.39, 0.29) is 17.4 Å². The third-order valence-corrected chi connectivity index (χ3v) is 0.949. The van der Waals surface area contributed by atoms with Crippen LogP contribution in [-0.2, 0) is 0 Å². The van der Waals surface area contributed by atoms with Crippen molar-refractivity contribution >= 4 is 17.4 Å². The Bertz CT molecular complexity index is 348. The summed E-state index contributed by atoms with van der Waals surface area (Å²) < 4.78 is 0. The van der Waals surface area contributed by atoms with Gasteiger partial charge in [-0.1, -0.05) is 0 Å². The fraction of sp³-hybridized carbons (Fsp3) is 0. The van der Waals surface area contributed by atoms with E-state index in [9.17, 15) is 0 Å². The molecule has 0 fully saturated rings. The number of nitriles is 2. The van der Waals surface area contributed by atoms with Crippen LogP contribution < -0.4 is 0 Å². The average molecular weight is 144 g/mol. The molecule has 0 saturated carbocycles. The molecule has 0 N–H and O–H groups in total. The highest BCUT2D eigenvalue weighted by Crippen LogP contribution is 1.95. The highest BCUT2D eigenvalue weighted by Gasteiger charge is 2.27. The van der Waals surface area contributed by atoms with E-state index in [1.165, 1.54) is 0 Å². The molecular weight excluding hydrogens is 144 g/mol. The molecule has 1 aliphatic heterocycles. The van der Waals surface area contributed by atoms with Gasteiger partial charge in [-0.15, -0.1) is 0 Å². The first-order chi connectivity index (χ1) is 5.31. The molecular formula is C5N6. The summed E-state index contributed by atoms with van der Waals surface area (Å²) in [4.78, 5) is 9.44. The molecule has 0 aliphatic carbocycles. The lowest BCUT2D eigenvalue weighted by atomic mass is 10.3. The summed E-state index contributed by atoms with van der Waals surface area (Å²) in [6.07, 6.45) is 0.